The van der Waals surface area contributed by atoms with E-state index in [0.29, 0.717) is 18.7 Å². The third kappa shape index (κ3) is 3.41. The van der Waals surface area contributed by atoms with Crippen LogP contribution in [0, 0.1) is 13.8 Å². The van der Waals surface area contributed by atoms with Gasteiger partial charge in [-0.2, -0.15) is 5.10 Å². The van der Waals surface area contributed by atoms with Crippen LogP contribution in [0.3, 0.4) is 0 Å². The van der Waals surface area contributed by atoms with Crippen molar-refractivity contribution in [2.24, 2.45) is 0 Å². The largest absolute Gasteiger partial charge is 0.389 e. The first-order chi connectivity index (χ1) is 13.6. The number of benzene rings is 2. The Labute approximate surface area is 170 Å². The number of nitrogen functional groups attached to an aromatic ring is 1. The van der Waals surface area contributed by atoms with Crippen LogP contribution >= 0.6 is 0 Å². The predicted molar refractivity (Wildman–Crippen MR) is 114 cm³/mol. The fourth-order valence-electron chi connectivity index (χ4n) is 4.30. The van der Waals surface area contributed by atoms with E-state index in [9.17, 15) is 13.5 Å². The molecule has 8 heteroatoms. The quantitative estimate of drug-likeness (QED) is 0.523. The molecule has 2 aromatic carbocycles. The van der Waals surface area contributed by atoms with Crippen molar-refractivity contribution in [3.05, 3.63) is 41.5 Å². The van der Waals surface area contributed by atoms with Gasteiger partial charge in [0.2, 0.25) is 10.0 Å². The molecule has 0 bridgehead atoms. The van der Waals surface area contributed by atoms with Crippen molar-refractivity contribution < 1.29 is 13.5 Å². The number of nitrogens with one attached hydrogen (secondary N) is 2. The monoisotopic (exact) mass is 414 g/mol. The Morgan fingerprint density at radius 2 is 1.97 bits per heavy atom. The molecule has 154 valence electrons. The molecular formula is C21H26N4O3S. The summed E-state index contributed by atoms with van der Waals surface area (Å²) in [4.78, 5) is 0.197. The molecule has 1 aliphatic rings. The standard InChI is InChI=1S/C21H26N4O3S/c1-12-11-14(29(27,28)25-18-5-4-10-21(18,3)26)6-7-15(12)16-8-9-17-19(13(16)2)20(22)24-23-17/h6-9,11,18,25-26H,4-5,10H2,1-3H3,(H3,22,23,24). The fourth-order valence-corrected chi connectivity index (χ4v) is 5.76. The highest BCUT2D eigenvalue weighted by molar-refractivity contribution is 7.89. The number of nitrogens with two attached hydrogens (primary N) is 1. The molecule has 2 atom stereocenters. The van der Waals surface area contributed by atoms with Gasteiger partial charge in [-0.3, -0.25) is 5.10 Å². The fraction of sp³-hybridized carbons (Fsp3) is 0.381. The van der Waals surface area contributed by atoms with Crippen LogP contribution in [0.15, 0.2) is 35.2 Å². The van der Waals surface area contributed by atoms with Crippen LogP contribution in [0.5, 0.6) is 0 Å². The topological polar surface area (TPSA) is 121 Å². The van der Waals surface area contributed by atoms with Crippen molar-refractivity contribution >= 4 is 26.7 Å². The Kier molecular flexibility index (Phi) is 4.68. The average molecular weight is 415 g/mol. The SMILES string of the molecule is Cc1cc(S(=O)(=O)NC2CCCC2(C)O)ccc1-c1ccc2[nH]nc(N)c2c1C. The summed E-state index contributed by atoms with van der Waals surface area (Å²) in [7, 11) is -3.72. The van der Waals surface area contributed by atoms with E-state index >= 15 is 0 Å². The van der Waals surface area contributed by atoms with Crippen LogP contribution in [0.4, 0.5) is 5.82 Å². The zero-order valence-electron chi connectivity index (χ0n) is 16.8. The van der Waals surface area contributed by atoms with E-state index in [2.05, 4.69) is 14.9 Å². The highest BCUT2D eigenvalue weighted by Gasteiger charge is 2.39. The number of aryl methyl sites for hydroxylation is 2. The third-order valence-corrected chi connectivity index (χ3v) is 7.51. The van der Waals surface area contributed by atoms with Gasteiger partial charge in [-0.1, -0.05) is 12.1 Å². The van der Waals surface area contributed by atoms with Gasteiger partial charge in [-0.15, -0.1) is 0 Å². The summed E-state index contributed by atoms with van der Waals surface area (Å²) in [6.07, 6.45) is 2.03. The second-order valence-corrected chi connectivity index (χ2v) is 9.88. The molecule has 1 saturated carbocycles. The first-order valence-electron chi connectivity index (χ1n) is 9.69. The van der Waals surface area contributed by atoms with E-state index in [1.807, 2.05) is 32.0 Å². The average Bonchev–Trinajstić information content (AvgIpc) is 3.18. The molecule has 1 fully saturated rings. The number of rotatable bonds is 4. The summed E-state index contributed by atoms with van der Waals surface area (Å²) in [5.41, 5.74) is 9.61. The molecule has 1 aromatic heterocycles. The van der Waals surface area contributed by atoms with Crippen molar-refractivity contribution in [2.75, 3.05) is 5.73 Å². The van der Waals surface area contributed by atoms with E-state index in [4.69, 9.17) is 5.73 Å². The van der Waals surface area contributed by atoms with Gasteiger partial charge in [0.25, 0.3) is 0 Å². The summed E-state index contributed by atoms with van der Waals surface area (Å²) in [6.45, 7) is 5.56. The first kappa shape index (κ1) is 19.9. The zero-order valence-corrected chi connectivity index (χ0v) is 17.6. The van der Waals surface area contributed by atoms with Crippen LogP contribution < -0.4 is 10.5 Å². The van der Waals surface area contributed by atoms with Crippen LogP contribution in [0.2, 0.25) is 0 Å². The van der Waals surface area contributed by atoms with Crippen molar-refractivity contribution in [1.29, 1.82) is 0 Å². The summed E-state index contributed by atoms with van der Waals surface area (Å²) < 4.78 is 28.4. The molecule has 1 heterocycles. The number of hydrogen-bond acceptors (Lipinski definition) is 5. The van der Waals surface area contributed by atoms with Crippen molar-refractivity contribution in [3.8, 4) is 11.1 Å². The van der Waals surface area contributed by atoms with Gasteiger partial charge < -0.3 is 10.8 Å². The lowest BCUT2D eigenvalue weighted by Gasteiger charge is -2.26. The Balaban J connectivity index is 1.70. The highest BCUT2D eigenvalue weighted by Crippen LogP contribution is 2.35. The molecule has 29 heavy (non-hydrogen) atoms. The van der Waals surface area contributed by atoms with Gasteiger partial charge in [-0.05, 0) is 80.5 Å². The lowest BCUT2D eigenvalue weighted by atomic mass is 9.94. The van der Waals surface area contributed by atoms with Gasteiger partial charge in [-0.25, -0.2) is 13.1 Å². The molecule has 2 unspecified atom stereocenters. The Bertz CT molecular complexity index is 1200. The van der Waals surface area contributed by atoms with E-state index in [1.165, 1.54) is 0 Å². The molecule has 5 N–H and O–H groups in total. The first-order valence-corrected chi connectivity index (χ1v) is 11.2. The Morgan fingerprint density at radius 1 is 1.24 bits per heavy atom. The van der Waals surface area contributed by atoms with Crippen LogP contribution in [0.1, 0.15) is 37.3 Å². The Hall–Kier alpha value is -2.42. The maximum Gasteiger partial charge on any atom is 0.240 e. The second-order valence-electron chi connectivity index (χ2n) is 8.17. The molecule has 0 spiro atoms. The minimum atomic E-state index is -3.72. The minimum Gasteiger partial charge on any atom is -0.389 e. The Morgan fingerprint density at radius 3 is 2.62 bits per heavy atom. The van der Waals surface area contributed by atoms with Crippen LogP contribution in [0.25, 0.3) is 22.0 Å². The van der Waals surface area contributed by atoms with Gasteiger partial charge in [0.1, 0.15) is 0 Å². The molecule has 0 saturated heterocycles. The van der Waals surface area contributed by atoms with E-state index < -0.39 is 21.7 Å². The number of anilines is 1. The summed E-state index contributed by atoms with van der Waals surface area (Å²) in [6, 6.07) is 8.54. The lowest BCUT2D eigenvalue weighted by molar-refractivity contribution is 0.0466. The van der Waals surface area contributed by atoms with Crippen molar-refractivity contribution in [2.45, 2.75) is 56.6 Å². The molecule has 4 rings (SSSR count). The van der Waals surface area contributed by atoms with Gasteiger partial charge in [0.15, 0.2) is 5.82 Å². The molecule has 0 amide bonds. The summed E-state index contributed by atoms with van der Waals surface area (Å²) >= 11 is 0. The molecule has 3 aromatic rings. The zero-order chi connectivity index (χ0) is 21.0. The second kappa shape index (κ2) is 6.83. The van der Waals surface area contributed by atoms with Crippen LogP contribution in [-0.2, 0) is 10.0 Å². The number of aromatic amines is 1. The summed E-state index contributed by atoms with van der Waals surface area (Å²) in [5, 5.41) is 18.2. The third-order valence-electron chi connectivity index (χ3n) is 6.04. The number of aromatic nitrogens is 2. The minimum absolute atomic E-state index is 0.197. The van der Waals surface area contributed by atoms with E-state index in [-0.39, 0.29) is 4.90 Å². The van der Waals surface area contributed by atoms with Gasteiger partial charge in [0.05, 0.1) is 22.1 Å². The predicted octanol–water partition coefficient (Wildman–Crippen LogP) is 3.01. The molecular weight excluding hydrogens is 388 g/mol. The lowest BCUT2D eigenvalue weighted by Crippen LogP contribution is -2.47. The van der Waals surface area contributed by atoms with Crippen molar-refractivity contribution in [3.63, 3.8) is 0 Å². The number of fused-ring (bicyclic) bond motifs is 1. The smallest absolute Gasteiger partial charge is 0.240 e. The van der Waals surface area contributed by atoms with Gasteiger partial charge >= 0.3 is 0 Å². The highest BCUT2D eigenvalue weighted by atomic mass is 32.2. The molecule has 0 aliphatic heterocycles. The maximum absolute atomic E-state index is 12.9. The number of sulfonamides is 1. The number of nitrogens with zero attached hydrogens (tertiary/aromatic N) is 1. The molecule has 7 nitrogen and oxygen atoms in total. The maximum atomic E-state index is 12.9. The van der Waals surface area contributed by atoms with Crippen LogP contribution in [-0.4, -0.2) is 35.4 Å². The summed E-state index contributed by atoms with van der Waals surface area (Å²) in [5.74, 6) is 0.448. The normalized spacial score (nSPS) is 22.4. The van der Waals surface area contributed by atoms with Crippen molar-refractivity contribution in [1.82, 2.24) is 14.9 Å². The number of H-pyrrole nitrogens is 1. The van der Waals surface area contributed by atoms with Gasteiger partial charge in [0, 0.05) is 5.39 Å². The van der Waals surface area contributed by atoms with E-state index in [0.717, 1.165) is 39.6 Å². The number of aliphatic hydroxyl groups is 1. The van der Waals surface area contributed by atoms with E-state index in [1.54, 1.807) is 19.1 Å². The molecule has 1 aliphatic carbocycles. The molecule has 0 radical (unpaired) electrons. The number of hydrogen-bond donors (Lipinski definition) is 4.